The number of aryl methyl sites for hydroxylation is 1. The topological polar surface area (TPSA) is 57.6 Å². The van der Waals surface area contributed by atoms with E-state index in [4.69, 9.17) is 0 Å². The van der Waals surface area contributed by atoms with Crippen LogP contribution in [0.25, 0.3) is 0 Å². The number of carbonyl (C=O) groups excluding carboxylic acids is 1. The van der Waals surface area contributed by atoms with Crippen LogP contribution in [0.15, 0.2) is 22.7 Å². The normalized spacial score (nSPS) is 22.1. The van der Waals surface area contributed by atoms with Crippen LogP contribution in [-0.2, 0) is 4.79 Å². The molecule has 1 amide bonds. The van der Waals surface area contributed by atoms with E-state index in [2.05, 4.69) is 15.9 Å². The molecular formula is C16H20BrNO3. The van der Waals surface area contributed by atoms with Crippen LogP contribution in [0, 0.1) is 12.3 Å². The molecule has 0 aliphatic carbocycles. The van der Waals surface area contributed by atoms with Crippen molar-refractivity contribution >= 4 is 27.8 Å². The molecule has 0 radical (unpaired) electrons. The molecule has 0 bridgehead atoms. The van der Waals surface area contributed by atoms with Crippen molar-refractivity contribution in [3.8, 4) is 0 Å². The van der Waals surface area contributed by atoms with Gasteiger partial charge >= 0.3 is 5.97 Å². The summed E-state index contributed by atoms with van der Waals surface area (Å²) < 4.78 is 0.760. The van der Waals surface area contributed by atoms with Gasteiger partial charge in [-0.05, 0) is 59.8 Å². The predicted molar refractivity (Wildman–Crippen MR) is 84.4 cm³/mol. The highest BCUT2D eigenvalue weighted by molar-refractivity contribution is 9.10. The van der Waals surface area contributed by atoms with Crippen LogP contribution in [0.1, 0.15) is 42.1 Å². The second-order valence-corrected chi connectivity index (χ2v) is 6.61. The highest BCUT2D eigenvalue weighted by Crippen LogP contribution is 2.34. The van der Waals surface area contributed by atoms with Crippen LogP contribution >= 0.6 is 15.9 Å². The van der Waals surface area contributed by atoms with Gasteiger partial charge in [-0.3, -0.25) is 9.59 Å². The van der Waals surface area contributed by atoms with Gasteiger partial charge in [-0.1, -0.05) is 13.0 Å². The number of amides is 1. The maximum absolute atomic E-state index is 12.7. The minimum absolute atomic E-state index is 0.0966. The second kappa shape index (κ2) is 6.18. The van der Waals surface area contributed by atoms with Gasteiger partial charge in [0.15, 0.2) is 0 Å². The Morgan fingerprint density at radius 1 is 1.43 bits per heavy atom. The molecule has 1 aromatic rings. The lowest BCUT2D eigenvalue weighted by molar-refractivity contribution is -0.152. The molecule has 0 saturated carbocycles. The van der Waals surface area contributed by atoms with Gasteiger partial charge in [-0.25, -0.2) is 0 Å². The Kier molecular flexibility index (Phi) is 4.71. The van der Waals surface area contributed by atoms with Gasteiger partial charge in [-0.2, -0.15) is 0 Å². The van der Waals surface area contributed by atoms with Gasteiger partial charge in [0, 0.05) is 17.6 Å². The molecule has 0 aromatic heterocycles. The quantitative estimate of drug-likeness (QED) is 0.904. The maximum Gasteiger partial charge on any atom is 0.311 e. The minimum Gasteiger partial charge on any atom is -0.481 e. The monoisotopic (exact) mass is 353 g/mol. The van der Waals surface area contributed by atoms with Gasteiger partial charge in [0.1, 0.15) is 0 Å². The summed E-state index contributed by atoms with van der Waals surface area (Å²) in [6.45, 7) is 4.75. The van der Waals surface area contributed by atoms with E-state index in [0.29, 0.717) is 24.9 Å². The van der Waals surface area contributed by atoms with Crippen LogP contribution in [0.3, 0.4) is 0 Å². The molecule has 2 rings (SSSR count). The van der Waals surface area contributed by atoms with Crippen LogP contribution < -0.4 is 0 Å². The van der Waals surface area contributed by atoms with E-state index in [1.807, 2.05) is 26.0 Å². The van der Waals surface area contributed by atoms with E-state index in [9.17, 15) is 14.7 Å². The number of carboxylic acids is 1. The van der Waals surface area contributed by atoms with Crippen LogP contribution in [0.2, 0.25) is 0 Å². The average Bonchev–Trinajstić information content (AvgIpc) is 2.46. The third-order valence-electron chi connectivity index (χ3n) is 4.35. The molecule has 1 unspecified atom stereocenters. The summed E-state index contributed by atoms with van der Waals surface area (Å²) in [6.07, 6.45) is 1.91. The van der Waals surface area contributed by atoms with Crippen LogP contribution in [0.5, 0.6) is 0 Å². The Morgan fingerprint density at radius 2 is 2.14 bits per heavy atom. The number of carboxylic acid groups (broad SMARTS) is 1. The highest BCUT2D eigenvalue weighted by atomic mass is 79.9. The van der Waals surface area contributed by atoms with Crippen molar-refractivity contribution in [1.82, 2.24) is 4.90 Å². The Balaban J connectivity index is 2.25. The number of hydrogen-bond acceptors (Lipinski definition) is 2. The van der Waals surface area contributed by atoms with E-state index in [1.54, 1.807) is 11.0 Å². The highest BCUT2D eigenvalue weighted by Gasteiger charge is 2.42. The van der Waals surface area contributed by atoms with Crippen molar-refractivity contribution in [2.75, 3.05) is 13.1 Å². The molecule has 1 aromatic carbocycles. The second-order valence-electron chi connectivity index (χ2n) is 5.75. The van der Waals surface area contributed by atoms with Gasteiger partial charge in [-0.15, -0.1) is 0 Å². The number of carbonyl (C=O) groups is 2. The summed E-state index contributed by atoms with van der Waals surface area (Å²) >= 11 is 3.43. The van der Waals surface area contributed by atoms with E-state index < -0.39 is 11.4 Å². The van der Waals surface area contributed by atoms with Gasteiger partial charge in [0.05, 0.1) is 11.0 Å². The lowest BCUT2D eigenvalue weighted by Gasteiger charge is -2.39. The fraction of sp³-hybridized carbons (Fsp3) is 0.500. The number of hydrogen-bond donors (Lipinski definition) is 1. The van der Waals surface area contributed by atoms with Crippen molar-refractivity contribution in [3.05, 3.63) is 33.8 Å². The number of benzene rings is 1. The van der Waals surface area contributed by atoms with Crippen LogP contribution in [-0.4, -0.2) is 35.0 Å². The average molecular weight is 354 g/mol. The fourth-order valence-electron chi connectivity index (χ4n) is 2.88. The van der Waals surface area contributed by atoms with Gasteiger partial charge in [0.2, 0.25) is 0 Å². The summed E-state index contributed by atoms with van der Waals surface area (Å²) in [5.74, 6) is -0.897. The van der Waals surface area contributed by atoms with E-state index in [1.165, 1.54) is 0 Å². The molecule has 4 nitrogen and oxygen atoms in total. The van der Waals surface area contributed by atoms with Gasteiger partial charge in [0.25, 0.3) is 5.91 Å². The standard InChI is InChI=1S/C16H20BrNO3/c1-3-16(15(20)21)7-4-8-18(10-16)14(19)12-6-5-11(2)9-13(12)17/h5-6,9H,3-4,7-8,10H2,1-2H3,(H,20,21). The van der Waals surface area contributed by atoms with E-state index >= 15 is 0 Å². The molecule has 0 spiro atoms. The van der Waals surface area contributed by atoms with Crippen molar-refractivity contribution < 1.29 is 14.7 Å². The third kappa shape index (κ3) is 3.12. The Hall–Kier alpha value is -1.36. The fourth-order valence-corrected chi connectivity index (χ4v) is 3.55. The Bertz CT molecular complexity index is 573. The zero-order valence-electron chi connectivity index (χ0n) is 12.4. The number of piperidine rings is 1. The molecule has 1 atom stereocenters. The molecular weight excluding hydrogens is 334 g/mol. The van der Waals surface area contributed by atoms with Crippen molar-refractivity contribution in [2.45, 2.75) is 33.1 Å². The number of aliphatic carboxylic acids is 1. The maximum atomic E-state index is 12.7. The largest absolute Gasteiger partial charge is 0.481 e. The molecule has 1 heterocycles. The molecule has 1 fully saturated rings. The summed E-state index contributed by atoms with van der Waals surface area (Å²) in [6, 6.07) is 5.60. The molecule has 21 heavy (non-hydrogen) atoms. The lowest BCUT2D eigenvalue weighted by Crippen LogP contribution is -2.49. The number of rotatable bonds is 3. The Labute approximate surface area is 133 Å². The lowest BCUT2D eigenvalue weighted by atomic mass is 9.77. The van der Waals surface area contributed by atoms with Gasteiger partial charge < -0.3 is 10.0 Å². The molecule has 5 heteroatoms. The predicted octanol–water partition coefficient (Wildman–Crippen LogP) is 3.47. The first-order valence-electron chi connectivity index (χ1n) is 7.18. The number of halogens is 1. The summed E-state index contributed by atoms with van der Waals surface area (Å²) in [5, 5.41) is 9.50. The first kappa shape index (κ1) is 16.0. The summed E-state index contributed by atoms with van der Waals surface area (Å²) in [7, 11) is 0. The smallest absolute Gasteiger partial charge is 0.311 e. The molecule has 114 valence electrons. The molecule has 1 aliphatic rings. The molecule has 1 aliphatic heterocycles. The van der Waals surface area contributed by atoms with Crippen molar-refractivity contribution in [2.24, 2.45) is 5.41 Å². The first-order chi connectivity index (χ1) is 9.89. The van der Waals surface area contributed by atoms with E-state index in [0.717, 1.165) is 16.5 Å². The SMILES string of the molecule is CCC1(C(=O)O)CCCN(C(=O)c2ccc(C)cc2Br)C1. The molecule has 1 N–H and O–H groups in total. The Morgan fingerprint density at radius 3 is 2.71 bits per heavy atom. The minimum atomic E-state index is -0.801. The summed E-state index contributed by atoms with van der Waals surface area (Å²) in [5.41, 5.74) is 0.869. The summed E-state index contributed by atoms with van der Waals surface area (Å²) in [4.78, 5) is 25.9. The van der Waals surface area contributed by atoms with E-state index in [-0.39, 0.29) is 12.5 Å². The van der Waals surface area contributed by atoms with Crippen LogP contribution in [0.4, 0.5) is 0 Å². The zero-order valence-corrected chi connectivity index (χ0v) is 13.9. The first-order valence-corrected chi connectivity index (χ1v) is 7.98. The number of likely N-dealkylation sites (tertiary alicyclic amines) is 1. The van der Waals surface area contributed by atoms with Crippen molar-refractivity contribution in [1.29, 1.82) is 0 Å². The third-order valence-corrected chi connectivity index (χ3v) is 5.01. The van der Waals surface area contributed by atoms with Crippen molar-refractivity contribution in [3.63, 3.8) is 0 Å². The molecule has 1 saturated heterocycles. The number of nitrogens with zero attached hydrogens (tertiary/aromatic N) is 1. The zero-order chi connectivity index (χ0) is 15.6.